The second-order valence-corrected chi connectivity index (χ2v) is 13.6. The quantitative estimate of drug-likeness (QED) is 0.266. The number of aromatic nitrogens is 5. The minimum absolute atomic E-state index is 0.199. The van der Waals surface area contributed by atoms with E-state index in [2.05, 4.69) is 38.9 Å². The van der Waals surface area contributed by atoms with E-state index in [1.54, 1.807) is 42.8 Å². The molecular weight excluding hydrogens is 554 g/mol. The predicted molar refractivity (Wildman–Crippen MR) is 164 cm³/mol. The van der Waals surface area contributed by atoms with Crippen LogP contribution in [0.2, 0.25) is 0 Å². The van der Waals surface area contributed by atoms with Gasteiger partial charge in [0.1, 0.15) is 20.8 Å². The van der Waals surface area contributed by atoms with Crippen LogP contribution in [0.15, 0.2) is 66.1 Å². The Hall–Kier alpha value is -3.87. The molecule has 11 nitrogen and oxygen atoms in total. The summed E-state index contributed by atoms with van der Waals surface area (Å²) in [5.74, 6) is 1.40. The lowest BCUT2D eigenvalue weighted by atomic mass is 9.89. The van der Waals surface area contributed by atoms with E-state index in [-0.39, 0.29) is 17.9 Å². The molecule has 2 N–H and O–H groups in total. The second kappa shape index (κ2) is 11.8. The van der Waals surface area contributed by atoms with E-state index in [0.29, 0.717) is 41.0 Å². The third-order valence-electron chi connectivity index (χ3n) is 7.56. The van der Waals surface area contributed by atoms with Gasteiger partial charge in [0.25, 0.3) is 5.56 Å². The van der Waals surface area contributed by atoms with E-state index >= 15 is 0 Å². The van der Waals surface area contributed by atoms with Crippen LogP contribution in [0.1, 0.15) is 43.9 Å². The molecule has 0 radical (unpaired) electrons. The van der Waals surface area contributed by atoms with Crippen molar-refractivity contribution in [3.63, 3.8) is 0 Å². The van der Waals surface area contributed by atoms with Crippen LogP contribution >= 0.6 is 0 Å². The molecule has 1 fully saturated rings. The van der Waals surface area contributed by atoms with Crippen LogP contribution in [0, 0.1) is 0 Å². The number of benzene rings is 1. The van der Waals surface area contributed by atoms with Gasteiger partial charge in [0.05, 0.1) is 18.0 Å². The molecule has 42 heavy (non-hydrogen) atoms. The van der Waals surface area contributed by atoms with Crippen LogP contribution in [-0.4, -0.2) is 74.4 Å². The highest BCUT2D eigenvalue weighted by Gasteiger charge is 2.23. The van der Waals surface area contributed by atoms with Crippen molar-refractivity contribution in [3.8, 4) is 5.82 Å². The van der Waals surface area contributed by atoms with E-state index in [0.717, 1.165) is 31.6 Å². The molecule has 1 aliphatic rings. The van der Waals surface area contributed by atoms with Crippen LogP contribution in [-0.2, 0) is 22.0 Å². The van der Waals surface area contributed by atoms with E-state index < -0.39 is 15.4 Å². The molecule has 5 rings (SSSR count). The minimum Gasteiger partial charge on any atom is -0.384 e. The van der Waals surface area contributed by atoms with Crippen molar-refractivity contribution in [1.82, 2.24) is 29.2 Å². The number of likely N-dealkylation sites (tertiary alicyclic amines) is 1. The molecule has 222 valence electrons. The van der Waals surface area contributed by atoms with E-state index in [9.17, 15) is 18.3 Å². The van der Waals surface area contributed by atoms with Gasteiger partial charge in [-0.1, -0.05) is 24.3 Å². The largest absolute Gasteiger partial charge is 0.384 e. The van der Waals surface area contributed by atoms with Crippen LogP contribution in [0.4, 0.5) is 11.6 Å². The van der Waals surface area contributed by atoms with Gasteiger partial charge in [-0.25, -0.2) is 27.7 Å². The molecule has 0 unspecified atom stereocenters. The second-order valence-electron chi connectivity index (χ2n) is 11.4. The van der Waals surface area contributed by atoms with Crippen molar-refractivity contribution >= 4 is 32.5 Å². The summed E-state index contributed by atoms with van der Waals surface area (Å²) < 4.78 is 26.1. The molecule has 3 aromatic heterocycles. The summed E-state index contributed by atoms with van der Waals surface area (Å²) in [6, 6.07) is 13.5. The smallest absolute Gasteiger partial charge is 0.278 e. The Bertz CT molecular complexity index is 1750. The van der Waals surface area contributed by atoms with Crippen LogP contribution in [0.5, 0.6) is 0 Å². The summed E-state index contributed by atoms with van der Waals surface area (Å²) in [7, 11) is -2.95. The molecule has 0 amide bonds. The molecule has 0 saturated carbocycles. The highest BCUT2D eigenvalue weighted by molar-refractivity contribution is 7.90. The topological polar surface area (TPSA) is 135 Å². The normalized spacial score (nSPS) is 15.2. The molecule has 4 aromatic rings. The average Bonchev–Trinajstić information content (AvgIpc) is 3.22. The maximum atomic E-state index is 13.2. The summed E-state index contributed by atoms with van der Waals surface area (Å²) in [6.45, 7) is 9.70. The number of allylic oxidation sites excluding steroid dienone is 1. The lowest BCUT2D eigenvalue weighted by molar-refractivity contribution is 0.0738. The molecular formula is C30H37N7O4S. The summed E-state index contributed by atoms with van der Waals surface area (Å²) in [4.78, 5) is 29.2. The average molecular weight is 592 g/mol. The van der Waals surface area contributed by atoms with Crippen LogP contribution < -0.4 is 10.9 Å². The predicted octanol–water partition coefficient (Wildman–Crippen LogP) is 3.36. The number of hydrogen-bond acceptors (Lipinski definition) is 9. The number of rotatable bonds is 10. The molecule has 0 atom stereocenters. The third kappa shape index (κ3) is 6.61. The van der Waals surface area contributed by atoms with E-state index in [4.69, 9.17) is 4.98 Å². The number of fused-ring (bicyclic) bond motifs is 1. The van der Waals surface area contributed by atoms with Crippen molar-refractivity contribution in [2.24, 2.45) is 0 Å². The fourth-order valence-electron chi connectivity index (χ4n) is 5.24. The first kappa shape index (κ1) is 29.6. The molecule has 1 aromatic carbocycles. The SMILES string of the molecule is C=CCn1c(=O)c2cnc(Nc3ccc(C4CCN(CCS(C)(=O)=O)CC4)cc3)nc2n1-c1cccc(C(C)(C)O)n1. The van der Waals surface area contributed by atoms with Gasteiger partial charge in [0.15, 0.2) is 11.5 Å². The summed E-state index contributed by atoms with van der Waals surface area (Å²) in [5, 5.41) is 14.1. The number of anilines is 2. The van der Waals surface area contributed by atoms with E-state index in [1.165, 1.54) is 22.7 Å². The van der Waals surface area contributed by atoms with Gasteiger partial charge in [-0.2, -0.15) is 4.98 Å². The Balaban J connectivity index is 1.36. The highest BCUT2D eigenvalue weighted by atomic mass is 32.2. The maximum Gasteiger partial charge on any atom is 0.278 e. The zero-order valence-corrected chi connectivity index (χ0v) is 25.0. The number of hydrogen-bond donors (Lipinski definition) is 2. The summed E-state index contributed by atoms with van der Waals surface area (Å²) >= 11 is 0. The van der Waals surface area contributed by atoms with Gasteiger partial charge in [-0.05, 0) is 75.5 Å². The standard InChI is InChI=1S/C30H37N7O4S/c1-5-15-36-28(38)24-20-31-29(34-27(24)37(36)26-8-6-7-25(33-26)30(2,3)39)32-23-11-9-21(10-12-23)22-13-16-35(17-14-22)18-19-42(4,40)41/h5-12,20,22,39H,1,13-19H2,2-4H3,(H,31,32,34). The zero-order valence-electron chi connectivity index (χ0n) is 24.2. The summed E-state index contributed by atoms with van der Waals surface area (Å²) in [6.07, 6.45) is 6.39. The van der Waals surface area contributed by atoms with Crippen molar-refractivity contribution in [2.45, 2.75) is 44.8 Å². The minimum atomic E-state index is -2.95. The van der Waals surface area contributed by atoms with Crippen molar-refractivity contribution in [2.75, 3.05) is 37.0 Å². The number of nitrogens with one attached hydrogen (secondary N) is 1. The molecule has 4 heterocycles. The Labute approximate surface area is 245 Å². The molecule has 0 bridgehead atoms. The zero-order chi connectivity index (χ0) is 30.1. The van der Waals surface area contributed by atoms with Gasteiger partial charge in [0.2, 0.25) is 5.95 Å². The van der Waals surface area contributed by atoms with Crippen LogP contribution in [0.3, 0.4) is 0 Å². The fraction of sp³-hybridized carbons (Fsp3) is 0.400. The van der Waals surface area contributed by atoms with Crippen molar-refractivity contribution < 1.29 is 13.5 Å². The first-order chi connectivity index (χ1) is 19.9. The summed E-state index contributed by atoms with van der Waals surface area (Å²) in [5.41, 5.74) is 1.48. The maximum absolute atomic E-state index is 13.2. The molecule has 0 aliphatic carbocycles. The Morgan fingerprint density at radius 3 is 2.48 bits per heavy atom. The van der Waals surface area contributed by atoms with Gasteiger partial charge in [-0.3, -0.25) is 4.79 Å². The van der Waals surface area contributed by atoms with Crippen molar-refractivity contribution in [3.05, 3.63) is 82.9 Å². The molecule has 1 saturated heterocycles. The Kier molecular flexibility index (Phi) is 8.31. The first-order valence-corrected chi connectivity index (χ1v) is 16.1. The lowest BCUT2D eigenvalue weighted by Gasteiger charge is -2.32. The fourth-order valence-corrected chi connectivity index (χ4v) is 5.83. The Morgan fingerprint density at radius 1 is 1.12 bits per heavy atom. The Morgan fingerprint density at radius 2 is 1.83 bits per heavy atom. The molecule has 1 aliphatic heterocycles. The number of pyridine rings is 1. The van der Waals surface area contributed by atoms with Gasteiger partial charge >= 0.3 is 0 Å². The first-order valence-electron chi connectivity index (χ1n) is 14.0. The van der Waals surface area contributed by atoms with E-state index in [1.807, 2.05) is 12.1 Å². The van der Waals surface area contributed by atoms with Gasteiger partial charge in [-0.15, -0.1) is 6.58 Å². The third-order valence-corrected chi connectivity index (χ3v) is 8.48. The molecule has 0 spiro atoms. The number of aliphatic hydroxyl groups is 1. The lowest BCUT2D eigenvalue weighted by Crippen LogP contribution is -2.36. The van der Waals surface area contributed by atoms with Gasteiger partial charge in [0, 0.05) is 24.7 Å². The monoisotopic (exact) mass is 591 g/mol. The van der Waals surface area contributed by atoms with Crippen LogP contribution in [0.25, 0.3) is 16.9 Å². The number of piperidine rings is 1. The number of sulfone groups is 1. The number of nitrogens with zero attached hydrogens (tertiary/aromatic N) is 6. The van der Waals surface area contributed by atoms with Gasteiger partial charge < -0.3 is 15.3 Å². The molecule has 12 heteroatoms. The highest BCUT2D eigenvalue weighted by Crippen LogP contribution is 2.29. The van der Waals surface area contributed by atoms with Crippen molar-refractivity contribution in [1.29, 1.82) is 0 Å².